The number of thiophene rings is 1. The maximum Gasteiger partial charge on any atom is 0.141 e. The van der Waals surface area contributed by atoms with Gasteiger partial charge in [-0.05, 0) is 22.9 Å². The van der Waals surface area contributed by atoms with Gasteiger partial charge in [-0.1, -0.05) is 0 Å². The first-order valence-corrected chi connectivity index (χ1v) is 4.42. The summed E-state index contributed by atoms with van der Waals surface area (Å²) in [7, 11) is 0. The summed E-state index contributed by atoms with van der Waals surface area (Å²) in [5.41, 5.74) is 6.29. The summed E-state index contributed by atoms with van der Waals surface area (Å²) in [5.74, 6) is 0.506. The van der Waals surface area contributed by atoms with Crippen LogP contribution in [0.3, 0.4) is 0 Å². The molecule has 0 aliphatic rings. The molecular formula is C8H8N2OS. The summed E-state index contributed by atoms with van der Waals surface area (Å²) in [6, 6.07) is 3.82. The van der Waals surface area contributed by atoms with Gasteiger partial charge in [-0.2, -0.15) is 0 Å². The van der Waals surface area contributed by atoms with Crippen LogP contribution >= 0.6 is 11.3 Å². The molecule has 2 heterocycles. The van der Waals surface area contributed by atoms with Gasteiger partial charge in [0, 0.05) is 0 Å². The van der Waals surface area contributed by atoms with Crippen molar-refractivity contribution in [3.05, 3.63) is 23.2 Å². The third-order valence-corrected chi connectivity index (χ3v) is 2.63. The number of rotatable bonds is 1. The van der Waals surface area contributed by atoms with Gasteiger partial charge in [-0.3, -0.25) is 0 Å². The average molecular weight is 180 g/mol. The molecule has 0 radical (unpaired) electrons. The zero-order valence-corrected chi connectivity index (χ0v) is 7.14. The first kappa shape index (κ1) is 7.52. The third kappa shape index (κ3) is 1.05. The van der Waals surface area contributed by atoms with E-state index < -0.39 is 0 Å². The zero-order chi connectivity index (χ0) is 8.55. The minimum atomic E-state index is -0.0595. The average Bonchev–Trinajstić information content (AvgIpc) is 2.52. The summed E-state index contributed by atoms with van der Waals surface area (Å²) in [5, 5.41) is 11.9. The van der Waals surface area contributed by atoms with Crippen molar-refractivity contribution < 1.29 is 5.11 Å². The fraction of sp³-hybridized carbons (Fsp3) is 0.125. The Bertz CT molecular complexity index is 410. The molecule has 12 heavy (non-hydrogen) atoms. The van der Waals surface area contributed by atoms with Crippen molar-refractivity contribution in [3.63, 3.8) is 0 Å². The second-order valence-electron chi connectivity index (χ2n) is 2.50. The third-order valence-electron chi connectivity index (χ3n) is 1.68. The van der Waals surface area contributed by atoms with Crippen LogP contribution in [0.15, 0.2) is 17.5 Å². The Hall–Kier alpha value is -1.13. The molecule has 2 aromatic heterocycles. The summed E-state index contributed by atoms with van der Waals surface area (Å²) in [6.07, 6.45) is 0. The number of nitrogens with zero attached hydrogens (tertiary/aromatic N) is 1. The lowest BCUT2D eigenvalue weighted by molar-refractivity contribution is 0.277. The smallest absolute Gasteiger partial charge is 0.141 e. The van der Waals surface area contributed by atoms with Gasteiger partial charge in [0.2, 0.25) is 0 Å². The number of aliphatic hydroxyl groups is 1. The Morgan fingerprint density at radius 3 is 3.17 bits per heavy atom. The van der Waals surface area contributed by atoms with Crippen LogP contribution in [0.2, 0.25) is 0 Å². The second kappa shape index (κ2) is 2.73. The zero-order valence-electron chi connectivity index (χ0n) is 6.32. The molecule has 62 valence electrons. The van der Waals surface area contributed by atoms with Gasteiger partial charge < -0.3 is 10.8 Å². The fourth-order valence-corrected chi connectivity index (χ4v) is 1.92. The lowest BCUT2D eigenvalue weighted by Crippen LogP contribution is -1.95. The molecule has 0 atom stereocenters. The molecule has 0 aliphatic carbocycles. The largest absolute Gasteiger partial charge is 0.390 e. The lowest BCUT2D eigenvalue weighted by Gasteiger charge is -1.98. The number of hydrogen-bond donors (Lipinski definition) is 2. The Morgan fingerprint density at radius 2 is 2.42 bits per heavy atom. The van der Waals surface area contributed by atoms with Gasteiger partial charge in [-0.25, -0.2) is 4.98 Å². The number of anilines is 1. The molecule has 0 aromatic carbocycles. The highest BCUT2D eigenvalue weighted by Crippen LogP contribution is 2.25. The molecule has 0 saturated carbocycles. The van der Waals surface area contributed by atoms with Gasteiger partial charge in [0.15, 0.2) is 0 Å². The molecule has 0 unspecified atom stereocenters. The van der Waals surface area contributed by atoms with E-state index >= 15 is 0 Å². The molecule has 2 rings (SSSR count). The number of nitrogen functional groups attached to an aromatic ring is 1. The Balaban J connectivity index is 2.75. The van der Waals surface area contributed by atoms with Crippen molar-refractivity contribution in [1.29, 1.82) is 0 Å². The topological polar surface area (TPSA) is 59.1 Å². The van der Waals surface area contributed by atoms with Crippen molar-refractivity contribution in [2.45, 2.75) is 6.61 Å². The molecule has 3 N–H and O–H groups in total. The van der Waals surface area contributed by atoms with Crippen molar-refractivity contribution >= 4 is 27.2 Å². The van der Waals surface area contributed by atoms with Crippen molar-refractivity contribution in [3.8, 4) is 0 Å². The predicted octanol–water partition coefficient (Wildman–Crippen LogP) is 1.37. The highest BCUT2D eigenvalue weighted by molar-refractivity contribution is 7.17. The normalized spacial score (nSPS) is 10.8. The maximum absolute atomic E-state index is 8.84. The standard InChI is InChI=1S/C8H8N2OS/c9-8-7-5(1-2-12-7)3-6(4-11)10-8/h1-3,11H,4H2,(H2,9,10). The number of fused-ring (bicyclic) bond motifs is 1. The fourth-order valence-electron chi connectivity index (χ4n) is 1.14. The van der Waals surface area contributed by atoms with E-state index in [-0.39, 0.29) is 6.61 Å². The first-order chi connectivity index (χ1) is 5.81. The molecule has 3 nitrogen and oxygen atoms in total. The van der Waals surface area contributed by atoms with Crippen LogP contribution in [0, 0.1) is 0 Å². The Morgan fingerprint density at radius 1 is 1.58 bits per heavy atom. The SMILES string of the molecule is Nc1nc(CO)cc2ccsc12. The van der Waals surface area contributed by atoms with E-state index in [4.69, 9.17) is 10.8 Å². The highest BCUT2D eigenvalue weighted by Gasteiger charge is 2.02. The number of nitrogens with two attached hydrogens (primary N) is 1. The van der Waals surface area contributed by atoms with Gasteiger partial charge in [0.25, 0.3) is 0 Å². The van der Waals surface area contributed by atoms with Gasteiger partial charge in [0.05, 0.1) is 17.0 Å². The van der Waals surface area contributed by atoms with Crippen molar-refractivity contribution in [1.82, 2.24) is 4.98 Å². The van der Waals surface area contributed by atoms with Gasteiger partial charge in [0.1, 0.15) is 5.82 Å². The summed E-state index contributed by atoms with van der Waals surface area (Å²) in [4.78, 5) is 4.03. The molecule has 0 fully saturated rings. The molecule has 0 saturated heterocycles. The summed E-state index contributed by atoms with van der Waals surface area (Å²) in [6.45, 7) is -0.0595. The van der Waals surface area contributed by atoms with Gasteiger partial charge in [-0.15, -0.1) is 11.3 Å². The van der Waals surface area contributed by atoms with Crippen molar-refractivity contribution in [2.75, 3.05) is 5.73 Å². The molecule has 0 aliphatic heterocycles. The van der Waals surface area contributed by atoms with E-state index in [1.54, 1.807) is 11.3 Å². The van der Waals surface area contributed by atoms with Crippen LogP contribution in [0.1, 0.15) is 5.69 Å². The van der Waals surface area contributed by atoms with E-state index in [1.165, 1.54) is 0 Å². The minimum absolute atomic E-state index is 0.0595. The van der Waals surface area contributed by atoms with Gasteiger partial charge >= 0.3 is 0 Å². The summed E-state index contributed by atoms with van der Waals surface area (Å²) < 4.78 is 0.993. The predicted molar refractivity (Wildman–Crippen MR) is 50.0 cm³/mol. The van der Waals surface area contributed by atoms with E-state index in [0.29, 0.717) is 11.5 Å². The molecular weight excluding hydrogens is 172 g/mol. The molecule has 0 bridgehead atoms. The summed E-state index contributed by atoms with van der Waals surface area (Å²) >= 11 is 1.56. The Kier molecular flexibility index (Phi) is 1.71. The monoisotopic (exact) mass is 180 g/mol. The highest BCUT2D eigenvalue weighted by atomic mass is 32.1. The second-order valence-corrected chi connectivity index (χ2v) is 3.41. The molecule has 0 amide bonds. The van der Waals surface area contributed by atoms with E-state index in [1.807, 2.05) is 17.5 Å². The molecule has 4 heteroatoms. The Labute approximate surface area is 73.5 Å². The van der Waals surface area contributed by atoms with Crippen LogP contribution < -0.4 is 5.73 Å². The number of hydrogen-bond acceptors (Lipinski definition) is 4. The number of pyridine rings is 1. The van der Waals surface area contributed by atoms with Crippen LogP contribution in [0.25, 0.3) is 10.1 Å². The van der Waals surface area contributed by atoms with E-state index in [2.05, 4.69) is 4.98 Å². The number of aromatic nitrogens is 1. The quantitative estimate of drug-likeness (QED) is 0.696. The first-order valence-electron chi connectivity index (χ1n) is 3.54. The van der Waals surface area contributed by atoms with E-state index in [9.17, 15) is 0 Å². The molecule has 0 spiro atoms. The van der Waals surface area contributed by atoms with Crippen LogP contribution in [-0.2, 0) is 6.61 Å². The van der Waals surface area contributed by atoms with Crippen LogP contribution in [0.4, 0.5) is 5.82 Å². The van der Waals surface area contributed by atoms with Crippen LogP contribution in [0.5, 0.6) is 0 Å². The van der Waals surface area contributed by atoms with Crippen LogP contribution in [-0.4, -0.2) is 10.1 Å². The molecule has 2 aromatic rings. The lowest BCUT2D eigenvalue weighted by atomic mass is 10.2. The van der Waals surface area contributed by atoms with Crippen molar-refractivity contribution in [2.24, 2.45) is 0 Å². The maximum atomic E-state index is 8.84. The number of aliphatic hydroxyl groups excluding tert-OH is 1. The minimum Gasteiger partial charge on any atom is -0.390 e. The van der Waals surface area contributed by atoms with E-state index in [0.717, 1.165) is 10.1 Å².